The van der Waals surface area contributed by atoms with Crippen molar-refractivity contribution in [2.24, 2.45) is 0 Å². The highest BCUT2D eigenvalue weighted by Gasteiger charge is 2.18. The maximum absolute atomic E-state index is 5.91. The molecule has 0 N–H and O–H groups in total. The highest BCUT2D eigenvalue weighted by molar-refractivity contribution is 5.56. The van der Waals surface area contributed by atoms with Gasteiger partial charge in [-0.1, -0.05) is 11.2 Å². The Morgan fingerprint density at radius 3 is 2.73 bits per heavy atom. The van der Waals surface area contributed by atoms with Crippen LogP contribution in [0.5, 0.6) is 11.6 Å². The van der Waals surface area contributed by atoms with Gasteiger partial charge in [-0.2, -0.15) is 4.52 Å². The van der Waals surface area contributed by atoms with Crippen molar-refractivity contribution < 1.29 is 14.0 Å². The number of aromatic nitrogens is 6. The number of pyridine rings is 1. The molecule has 0 saturated carbocycles. The minimum absolute atomic E-state index is 0.263. The molecule has 0 spiro atoms. The maximum atomic E-state index is 5.91. The van der Waals surface area contributed by atoms with Crippen LogP contribution in [-0.2, 0) is 13.2 Å². The van der Waals surface area contributed by atoms with Gasteiger partial charge in [-0.05, 0) is 38.1 Å². The lowest BCUT2D eigenvalue weighted by molar-refractivity contribution is 0.172. The molecule has 0 aromatic carbocycles. The monoisotopic (exact) mass is 407 g/mol. The number of likely N-dealkylation sites (tertiary alicyclic amines) is 1. The predicted octanol–water partition coefficient (Wildman–Crippen LogP) is 2.28. The molecule has 4 aromatic heterocycles. The number of rotatable bonds is 7. The summed E-state index contributed by atoms with van der Waals surface area (Å²) in [6, 6.07) is 7.55. The van der Waals surface area contributed by atoms with Crippen molar-refractivity contribution in [1.82, 2.24) is 34.9 Å². The standard InChI is InChI=1S/C20H21N7O3/c1-13-8-16(25-30-13)19-23-22-18-9-17(28-2)20(24-27(18)19)29-12-15-5-4-14(10-21-15)11-26-6-3-7-26/h4-5,8-10H,3,6-7,11-12H2,1-2H3. The average molecular weight is 407 g/mol. The Kier molecular flexibility index (Phi) is 4.75. The SMILES string of the molecule is COc1cc2nnc(-c3cc(C)on3)n2nc1OCc1ccc(CN2CCC2)cn1. The lowest BCUT2D eigenvalue weighted by atomic mass is 10.1. The molecule has 0 aliphatic carbocycles. The minimum atomic E-state index is 0.263. The fraction of sp³-hybridized carbons (Fsp3) is 0.350. The summed E-state index contributed by atoms with van der Waals surface area (Å²) in [6.45, 7) is 5.35. The molecule has 1 aliphatic rings. The number of ether oxygens (including phenoxy) is 2. The van der Waals surface area contributed by atoms with Crippen LogP contribution >= 0.6 is 0 Å². The predicted molar refractivity (Wildman–Crippen MR) is 106 cm³/mol. The minimum Gasteiger partial charge on any atom is -0.491 e. The van der Waals surface area contributed by atoms with E-state index in [1.165, 1.54) is 12.0 Å². The van der Waals surface area contributed by atoms with Gasteiger partial charge in [-0.15, -0.1) is 15.3 Å². The second-order valence-corrected chi connectivity index (χ2v) is 7.21. The van der Waals surface area contributed by atoms with E-state index in [0.717, 1.165) is 25.3 Å². The van der Waals surface area contributed by atoms with Crippen LogP contribution in [0.2, 0.25) is 0 Å². The molecular formula is C20H21N7O3. The molecule has 1 fully saturated rings. The molecule has 0 unspecified atom stereocenters. The van der Waals surface area contributed by atoms with Crippen molar-refractivity contribution in [3.8, 4) is 23.1 Å². The molecule has 0 amide bonds. The van der Waals surface area contributed by atoms with Crippen LogP contribution in [0.25, 0.3) is 17.2 Å². The summed E-state index contributed by atoms with van der Waals surface area (Å²) in [7, 11) is 1.56. The van der Waals surface area contributed by atoms with Crippen LogP contribution in [0.15, 0.2) is 35.0 Å². The molecule has 1 aliphatic heterocycles. The van der Waals surface area contributed by atoms with E-state index in [-0.39, 0.29) is 6.61 Å². The second kappa shape index (κ2) is 7.71. The Bertz CT molecular complexity index is 1170. The van der Waals surface area contributed by atoms with Crippen LogP contribution in [-0.4, -0.2) is 55.1 Å². The molecule has 5 rings (SSSR count). The number of aryl methyl sites for hydroxylation is 1. The largest absolute Gasteiger partial charge is 0.491 e. The summed E-state index contributed by atoms with van der Waals surface area (Å²) in [4.78, 5) is 6.90. The number of methoxy groups -OCH3 is 1. The van der Waals surface area contributed by atoms with Gasteiger partial charge in [0.05, 0.1) is 12.8 Å². The number of fused-ring (bicyclic) bond motifs is 1. The first-order valence-electron chi connectivity index (χ1n) is 9.73. The molecule has 10 nitrogen and oxygen atoms in total. The van der Waals surface area contributed by atoms with Crippen LogP contribution in [0.1, 0.15) is 23.4 Å². The van der Waals surface area contributed by atoms with E-state index in [1.54, 1.807) is 23.8 Å². The van der Waals surface area contributed by atoms with Gasteiger partial charge in [-0.3, -0.25) is 9.88 Å². The first-order valence-corrected chi connectivity index (χ1v) is 9.73. The first-order chi connectivity index (χ1) is 14.7. The third kappa shape index (κ3) is 3.57. The normalized spacial score (nSPS) is 14.1. The molecule has 30 heavy (non-hydrogen) atoms. The van der Waals surface area contributed by atoms with Crippen molar-refractivity contribution in [2.75, 3.05) is 20.2 Å². The quantitative estimate of drug-likeness (QED) is 0.456. The highest BCUT2D eigenvalue weighted by Crippen LogP contribution is 2.28. The van der Waals surface area contributed by atoms with Gasteiger partial charge >= 0.3 is 0 Å². The average Bonchev–Trinajstić information content (AvgIpc) is 3.34. The molecular weight excluding hydrogens is 386 g/mol. The Morgan fingerprint density at radius 2 is 2.07 bits per heavy atom. The molecule has 0 bridgehead atoms. The van der Waals surface area contributed by atoms with E-state index >= 15 is 0 Å². The van der Waals surface area contributed by atoms with Gasteiger partial charge in [-0.25, -0.2) is 0 Å². The topological polar surface area (TPSA) is 104 Å². The molecule has 0 radical (unpaired) electrons. The lowest BCUT2D eigenvalue weighted by Gasteiger charge is -2.30. The van der Waals surface area contributed by atoms with Crippen molar-refractivity contribution in [3.63, 3.8) is 0 Å². The number of hydrogen-bond acceptors (Lipinski definition) is 9. The van der Waals surface area contributed by atoms with Crippen molar-refractivity contribution in [1.29, 1.82) is 0 Å². The van der Waals surface area contributed by atoms with Crippen molar-refractivity contribution in [3.05, 3.63) is 47.5 Å². The van der Waals surface area contributed by atoms with Gasteiger partial charge in [0.15, 0.2) is 17.1 Å². The highest BCUT2D eigenvalue weighted by atomic mass is 16.5. The van der Waals surface area contributed by atoms with E-state index in [0.29, 0.717) is 34.6 Å². The third-order valence-corrected chi connectivity index (χ3v) is 5.00. The van der Waals surface area contributed by atoms with Crippen LogP contribution in [0, 0.1) is 6.92 Å². The van der Waals surface area contributed by atoms with Crippen LogP contribution < -0.4 is 9.47 Å². The first kappa shape index (κ1) is 18.5. The zero-order chi connectivity index (χ0) is 20.5. The molecule has 1 saturated heterocycles. The van der Waals surface area contributed by atoms with E-state index in [9.17, 15) is 0 Å². The molecule has 4 aromatic rings. The molecule has 154 valence electrons. The van der Waals surface area contributed by atoms with Gasteiger partial charge in [0.2, 0.25) is 5.82 Å². The van der Waals surface area contributed by atoms with E-state index in [4.69, 9.17) is 14.0 Å². The number of hydrogen-bond donors (Lipinski definition) is 0. The summed E-state index contributed by atoms with van der Waals surface area (Å²) in [5.41, 5.74) is 3.07. The Morgan fingerprint density at radius 1 is 1.17 bits per heavy atom. The van der Waals surface area contributed by atoms with Gasteiger partial charge in [0.1, 0.15) is 12.4 Å². The van der Waals surface area contributed by atoms with Gasteiger partial charge in [0.25, 0.3) is 5.88 Å². The third-order valence-electron chi connectivity index (χ3n) is 5.00. The summed E-state index contributed by atoms with van der Waals surface area (Å²) in [6.07, 6.45) is 3.18. The van der Waals surface area contributed by atoms with Gasteiger partial charge < -0.3 is 14.0 Å². The molecule has 5 heterocycles. The van der Waals surface area contributed by atoms with E-state index in [2.05, 4.69) is 36.4 Å². The zero-order valence-electron chi connectivity index (χ0n) is 16.8. The summed E-state index contributed by atoms with van der Waals surface area (Å²) < 4.78 is 18.0. The van der Waals surface area contributed by atoms with Crippen LogP contribution in [0.4, 0.5) is 0 Å². The van der Waals surface area contributed by atoms with Crippen LogP contribution in [0.3, 0.4) is 0 Å². The lowest BCUT2D eigenvalue weighted by Crippen LogP contribution is -2.36. The Balaban J connectivity index is 1.36. The van der Waals surface area contributed by atoms with Crippen molar-refractivity contribution >= 4 is 5.65 Å². The number of nitrogens with zero attached hydrogens (tertiary/aromatic N) is 7. The summed E-state index contributed by atoms with van der Waals surface area (Å²) >= 11 is 0. The smallest absolute Gasteiger partial charge is 0.275 e. The van der Waals surface area contributed by atoms with E-state index < -0.39 is 0 Å². The Hall–Kier alpha value is -3.53. The van der Waals surface area contributed by atoms with E-state index in [1.807, 2.05) is 19.2 Å². The fourth-order valence-corrected chi connectivity index (χ4v) is 3.25. The fourth-order valence-electron chi connectivity index (χ4n) is 3.25. The van der Waals surface area contributed by atoms with Gasteiger partial charge in [0, 0.05) is 24.9 Å². The molecule has 0 atom stereocenters. The summed E-state index contributed by atoms with van der Waals surface area (Å²) in [5.74, 6) is 1.92. The molecule has 10 heteroatoms. The summed E-state index contributed by atoms with van der Waals surface area (Å²) in [5, 5.41) is 16.8. The maximum Gasteiger partial charge on any atom is 0.275 e. The Labute approximate surface area is 172 Å². The second-order valence-electron chi connectivity index (χ2n) is 7.21. The zero-order valence-corrected chi connectivity index (χ0v) is 16.8. The van der Waals surface area contributed by atoms with Crippen molar-refractivity contribution in [2.45, 2.75) is 26.5 Å².